The number of nitro groups is 2. The number of anilines is 1. The lowest BCUT2D eigenvalue weighted by molar-refractivity contribution is -0.392. The molecule has 1 aromatic carbocycles. The monoisotopic (exact) mass is 423 g/mol. The number of carbonyl (C=O) groups excluding carboxylic acids is 1. The van der Waals surface area contributed by atoms with E-state index in [0.29, 0.717) is 13.0 Å². The van der Waals surface area contributed by atoms with E-state index in [1.165, 1.54) is 6.42 Å². The summed E-state index contributed by atoms with van der Waals surface area (Å²) in [5, 5.41) is 25.8. The molecule has 0 heterocycles. The molecule has 0 aliphatic heterocycles. The lowest BCUT2D eigenvalue weighted by atomic mass is 10.1. The highest BCUT2D eigenvalue weighted by molar-refractivity contribution is 5.93. The zero-order valence-corrected chi connectivity index (χ0v) is 18.0. The van der Waals surface area contributed by atoms with Gasteiger partial charge in [0.2, 0.25) is 0 Å². The van der Waals surface area contributed by atoms with Crippen LogP contribution >= 0.6 is 0 Å². The van der Waals surface area contributed by atoms with E-state index in [1.807, 2.05) is 0 Å². The molecule has 1 N–H and O–H groups in total. The summed E-state index contributed by atoms with van der Waals surface area (Å²) in [6.07, 6.45) is 9.85. The van der Waals surface area contributed by atoms with Gasteiger partial charge < -0.3 is 10.1 Å². The molecule has 9 nitrogen and oxygen atoms in total. The number of nitrogens with zero attached hydrogens (tertiary/aromatic N) is 2. The van der Waals surface area contributed by atoms with Crippen LogP contribution < -0.4 is 5.32 Å². The Labute approximate surface area is 177 Å². The molecule has 0 aromatic heterocycles. The highest BCUT2D eigenvalue weighted by atomic mass is 16.6. The van der Waals surface area contributed by atoms with Crippen molar-refractivity contribution in [2.75, 3.05) is 18.5 Å². The summed E-state index contributed by atoms with van der Waals surface area (Å²) in [7, 11) is 0. The normalized spacial score (nSPS) is 10.6. The van der Waals surface area contributed by atoms with E-state index in [1.54, 1.807) is 0 Å². The van der Waals surface area contributed by atoms with Crippen molar-refractivity contribution in [3.05, 3.63) is 37.9 Å². The molecule has 0 saturated carbocycles. The molecule has 0 fully saturated rings. The Kier molecular flexibility index (Phi) is 12.1. The van der Waals surface area contributed by atoms with E-state index in [2.05, 4.69) is 19.2 Å². The van der Waals surface area contributed by atoms with Crippen LogP contribution in [-0.2, 0) is 4.74 Å². The Hall–Kier alpha value is -2.71. The Bertz CT molecular complexity index is 673. The van der Waals surface area contributed by atoms with Crippen LogP contribution in [0.2, 0.25) is 0 Å². The third-order valence-corrected chi connectivity index (χ3v) is 4.79. The Morgan fingerprint density at radius 3 is 1.90 bits per heavy atom. The van der Waals surface area contributed by atoms with E-state index in [9.17, 15) is 25.0 Å². The number of unbranched alkanes of at least 4 members (excludes halogenated alkanes) is 8. The second kappa shape index (κ2) is 14.3. The second-order valence-electron chi connectivity index (χ2n) is 7.29. The van der Waals surface area contributed by atoms with Crippen molar-refractivity contribution in [1.29, 1.82) is 0 Å². The minimum Gasteiger partial charge on any atom is -0.462 e. The largest absolute Gasteiger partial charge is 0.462 e. The number of nitro benzene ring substituents is 2. The summed E-state index contributed by atoms with van der Waals surface area (Å²) >= 11 is 0. The molecule has 0 unspecified atom stereocenters. The van der Waals surface area contributed by atoms with Gasteiger partial charge in [-0.3, -0.25) is 20.2 Å². The summed E-state index contributed by atoms with van der Waals surface area (Å²) in [4.78, 5) is 33.8. The van der Waals surface area contributed by atoms with Crippen LogP contribution in [0, 0.1) is 20.2 Å². The lowest BCUT2D eigenvalue weighted by Gasteiger charge is -2.10. The number of nitrogens with one attached hydrogen (secondary N) is 1. The minimum atomic E-state index is -0.788. The van der Waals surface area contributed by atoms with E-state index in [4.69, 9.17) is 4.74 Å². The molecule has 0 aliphatic carbocycles. The van der Waals surface area contributed by atoms with Crippen LogP contribution in [0.25, 0.3) is 0 Å². The number of esters is 1. The SMILES string of the molecule is CCCCCCCCOC(=O)c1cc([N+](=O)[O-])c(NCCCCCC)c([N+](=O)[O-])c1. The molecule has 30 heavy (non-hydrogen) atoms. The molecule has 0 saturated heterocycles. The van der Waals surface area contributed by atoms with Gasteiger partial charge in [-0.1, -0.05) is 65.2 Å². The number of hydrogen-bond acceptors (Lipinski definition) is 7. The van der Waals surface area contributed by atoms with E-state index in [0.717, 1.165) is 63.5 Å². The van der Waals surface area contributed by atoms with Gasteiger partial charge in [0.25, 0.3) is 11.4 Å². The number of carbonyl (C=O) groups is 1. The lowest BCUT2D eigenvalue weighted by Crippen LogP contribution is -2.11. The smallest absolute Gasteiger partial charge is 0.338 e. The number of hydrogen-bond donors (Lipinski definition) is 1. The molecule has 168 valence electrons. The fourth-order valence-electron chi connectivity index (χ4n) is 3.09. The topological polar surface area (TPSA) is 125 Å². The van der Waals surface area contributed by atoms with Gasteiger partial charge in [0.15, 0.2) is 5.69 Å². The van der Waals surface area contributed by atoms with E-state index < -0.39 is 27.2 Å². The van der Waals surface area contributed by atoms with Crippen LogP contribution in [0.15, 0.2) is 12.1 Å². The maximum absolute atomic E-state index is 12.3. The molecular weight excluding hydrogens is 390 g/mol. The van der Waals surface area contributed by atoms with E-state index in [-0.39, 0.29) is 17.9 Å². The predicted molar refractivity (Wildman–Crippen MR) is 116 cm³/mol. The van der Waals surface area contributed by atoms with Gasteiger partial charge in [-0.2, -0.15) is 0 Å². The average Bonchev–Trinajstić information content (AvgIpc) is 2.72. The molecule has 0 radical (unpaired) electrons. The summed E-state index contributed by atoms with van der Waals surface area (Å²) in [6, 6.07) is 2.09. The average molecular weight is 424 g/mol. The van der Waals surface area contributed by atoms with Crippen molar-refractivity contribution in [3.63, 3.8) is 0 Å². The van der Waals surface area contributed by atoms with Crippen molar-refractivity contribution in [3.8, 4) is 0 Å². The van der Waals surface area contributed by atoms with Gasteiger partial charge in [0.05, 0.1) is 22.0 Å². The van der Waals surface area contributed by atoms with Gasteiger partial charge in [-0.25, -0.2) is 4.79 Å². The maximum atomic E-state index is 12.3. The Morgan fingerprint density at radius 2 is 1.37 bits per heavy atom. The van der Waals surface area contributed by atoms with Gasteiger partial charge in [-0.05, 0) is 12.8 Å². The van der Waals surface area contributed by atoms with Crippen molar-refractivity contribution in [1.82, 2.24) is 0 Å². The predicted octanol–water partition coefficient (Wildman–Crippen LogP) is 6.01. The number of benzene rings is 1. The number of rotatable bonds is 16. The van der Waals surface area contributed by atoms with Crippen molar-refractivity contribution in [2.24, 2.45) is 0 Å². The zero-order valence-electron chi connectivity index (χ0n) is 18.0. The molecule has 0 amide bonds. The number of ether oxygens (including phenoxy) is 1. The van der Waals surface area contributed by atoms with Crippen LogP contribution in [0.5, 0.6) is 0 Å². The first kappa shape index (κ1) is 25.3. The fourth-order valence-corrected chi connectivity index (χ4v) is 3.09. The molecule has 9 heteroatoms. The first-order valence-corrected chi connectivity index (χ1v) is 10.8. The molecule has 1 rings (SSSR count). The van der Waals surface area contributed by atoms with Crippen molar-refractivity contribution < 1.29 is 19.4 Å². The first-order chi connectivity index (χ1) is 14.4. The molecule has 0 bridgehead atoms. The van der Waals surface area contributed by atoms with Crippen molar-refractivity contribution in [2.45, 2.75) is 78.1 Å². The van der Waals surface area contributed by atoms with Crippen LogP contribution in [0.3, 0.4) is 0 Å². The van der Waals surface area contributed by atoms with Gasteiger partial charge in [0, 0.05) is 18.7 Å². The van der Waals surface area contributed by atoms with Crippen LogP contribution in [0.1, 0.15) is 88.4 Å². The summed E-state index contributed by atoms with van der Waals surface area (Å²) in [5.41, 5.74) is -1.35. The molecule has 1 aromatic rings. The highest BCUT2D eigenvalue weighted by Gasteiger charge is 2.28. The summed E-state index contributed by atoms with van der Waals surface area (Å²) < 4.78 is 5.16. The molecule has 0 aliphatic rings. The third-order valence-electron chi connectivity index (χ3n) is 4.79. The van der Waals surface area contributed by atoms with Crippen LogP contribution in [-0.4, -0.2) is 29.0 Å². The van der Waals surface area contributed by atoms with Gasteiger partial charge in [-0.15, -0.1) is 0 Å². The van der Waals surface area contributed by atoms with Crippen molar-refractivity contribution >= 4 is 23.0 Å². The summed E-state index contributed by atoms with van der Waals surface area (Å²) in [6.45, 7) is 4.76. The highest BCUT2D eigenvalue weighted by Crippen LogP contribution is 2.36. The van der Waals surface area contributed by atoms with Crippen LogP contribution in [0.4, 0.5) is 17.1 Å². The fraction of sp³-hybridized carbons (Fsp3) is 0.667. The first-order valence-electron chi connectivity index (χ1n) is 10.8. The Morgan fingerprint density at radius 1 is 0.867 bits per heavy atom. The second-order valence-corrected chi connectivity index (χ2v) is 7.29. The van der Waals surface area contributed by atoms with Gasteiger partial charge in [0.1, 0.15) is 0 Å². The maximum Gasteiger partial charge on any atom is 0.338 e. The summed E-state index contributed by atoms with van der Waals surface area (Å²) in [5.74, 6) is -0.788. The van der Waals surface area contributed by atoms with E-state index >= 15 is 0 Å². The van der Waals surface area contributed by atoms with Gasteiger partial charge >= 0.3 is 5.97 Å². The standard InChI is InChI=1S/C21H33N3O6/c1-3-5-7-9-10-12-14-30-21(25)17-15-18(23(26)27)20(19(16-17)24(28)29)22-13-11-8-6-4-2/h15-16,22H,3-14H2,1-2H3. The molecular formula is C21H33N3O6. The third kappa shape index (κ3) is 8.75. The molecule has 0 spiro atoms. The zero-order chi connectivity index (χ0) is 22.4. The quantitative estimate of drug-likeness (QED) is 0.149. The minimum absolute atomic E-state index is 0.172. The Balaban J connectivity index is 2.83. The molecule has 0 atom stereocenters.